The number of ether oxygens (including phenoxy) is 5. The van der Waals surface area contributed by atoms with E-state index in [1.165, 1.54) is 0 Å². The highest BCUT2D eigenvalue weighted by Gasteiger charge is 2.39. The first-order chi connectivity index (χ1) is 17.6. The van der Waals surface area contributed by atoms with Crippen LogP contribution in [0.2, 0.25) is 0 Å². The summed E-state index contributed by atoms with van der Waals surface area (Å²) in [6.45, 7) is 7.85. The summed E-state index contributed by atoms with van der Waals surface area (Å²) in [5.41, 5.74) is 1.55. The topological polar surface area (TPSA) is 113 Å². The van der Waals surface area contributed by atoms with Crippen molar-refractivity contribution in [3.05, 3.63) is 29.3 Å². The standard InChI is InChI=1S/C25H36N2O8S/c1-2-31-8-9-32-10-11-33-12-13-34-14-15-35-16-17-36-22-5-3-4-19-20(22)18-27(25(19)30)21-6-7-23(28)26-24(21)29/h3-5,21H,2,6-18H2,1H3,(H,26,28,29). The van der Waals surface area contributed by atoms with E-state index < -0.39 is 11.9 Å². The first kappa shape index (κ1) is 28.5. The lowest BCUT2D eigenvalue weighted by Gasteiger charge is -2.29. The number of hydrogen-bond acceptors (Lipinski definition) is 9. The number of benzene rings is 1. The Hall–Kier alpha value is -2.02. The summed E-state index contributed by atoms with van der Waals surface area (Å²) in [5.74, 6) is -0.111. The SMILES string of the molecule is CCOCCOCCOCCOCCOCCSc1cccc2c1CN(C1CCC(=O)NC1=O)C2=O. The Morgan fingerprint density at radius 2 is 1.50 bits per heavy atom. The van der Waals surface area contributed by atoms with Gasteiger partial charge in [0.1, 0.15) is 6.04 Å². The van der Waals surface area contributed by atoms with Gasteiger partial charge in [-0.3, -0.25) is 19.7 Å². The van der Waals surface area contributed by atoms with Crippen molar-refractivity contribution in [3.63, 3.8) is 0 Å². The number of rotatable bonds is 18. The number of carbonyl (C=O) groups is 3. The van der Waals surface area contributed by atoms with Crippen LogP contribution in [0.5, 0.6) is 0 Å². The number of amides is 3. The normalized spacial score (nSPS) is 17.5. The fourth-order valence-electron chi connectivity index (χ4n) is 3.93. The van der Waals surface area contributed by atoms with E-state index in [9.17, 15) is 14.4 Å². The van der Waals surface area contributed by atoms with Gasteiger partial charge in [-0.1, -0.05) is 6.07 Å². The summed E-state index contributed by atoms with van der Waals surface area (Å²) in [6, 6.07) is 5.03. The zero-order valence-corrected chi connectivity index (χ0v) is 21.6. The van der Waals surface area contributed by atoms with Gasteiger partial charge in [0.25, 0.3) is 5.91 Å². The van der Waals surface area contributed by atoms with E-state index in [1.54, 1.807) is 22.7 Å². The largest absolute Gasteiger partial charge is 0.379 e. The fraction of sp³-hybridized carbons (Fsp3) is 0.640. The Labute approximate surface area is 216 Å². The summed E-state index contributed by atoms with van der Waals surface area (Å²) in [6.07, 6.45) is 0.606. The number of carbonyl (C=O) groups excluding carboxylic acids is 3. The molecule has 0 saturated carbocycles. The molecule has 0 aliphatic carbocycles. The fourth-order valence-corrected chi connectivity index (χ4v) is 4.87. The number of thioether (sulfide) groups is 1. The van der Waals surface area contributed by atoms with Crippen molar-refractivity contribution < 1.29 is 38.1 Å². The van der Waals surface area contributed by atoms with Gasteiger partial charge in [-0.2, -0.15) is 0 Å². The van der Waals surface area contributed by atoms with Crippen LogP contribution in [0.4, 0.5) is 0 Å². The van der Waals surface area contributed by atoms with Crippen molar-refractivity contribution in [2.45, 2.75) is 37.2 Å². The molecule has 2 aliphatic rings. The number of fused-ring (bicyclic) bond motifs is 1. The molecular formula is C25H36N2O8S. The van der Waals surface area contributed by atoms with Crippen LogP contribution in [-0.2, 0) is 39.8 Å². The Balaban J connectivity index is 1.24. The third kappa shape index (κ3) is 8.82. The van der Waals surface area contributed by atoms with Gasteiger partial charge in [-0.25, -0.2) is 0 Å². The molecule has 1 unspecified atom stereocenters. The Morgan fingerprint density at radius 3 is 2.11 bits per heavy atom. The van der Waals surface area contributed by atoms with Crippen LogP contribution in [0.1, 0.15) is 35.7 Å². The minimum Gasteiger partial charge on any atom is -0.379 e. The molecule has 1 N–H and O–H groups in total. The maximum absolute atomic E-state index is 12.9. The average Bonchev–Trinajstić information content (AvgIpc) is 3.20. The zero-order chi connectivity index (χ0) is 25.6. The summed E-state index contributed by atoms with van der Waals surface area (Å²) >= 11 is 1.62. The molecule has 1 saturated heterocycles. The minimum atomic E-state index is -0.604. The smallest absolute Gasteiger partial charge is 0.255 e. The maximum atomic E-state index is 12.9. The molecule has 1 aromatic carbocycles. The lowest BCUT2D eigenvalue weighted by Crippen LogP contribution is -2.52. The number of piperidine rings is 1. The Morgan fingerprint density at radius 1 is 0.889 bits per heavy atom. The van der Waals surface area contributed by atoms with E-state index in [1.807, 2.05) is 19.1 Å². The molecule has 1 fully saturated rings. The van der Waals surface area contributed by atoms with Gasteiger partial charge >= 0.3 is 0 Å². The van der Waals surface area contributed by atoms with Crippen LogP contribution in [0.15, 0.2) is 23.1 Å². The minimum absolute atomic E-state index is 0.159. The van der Waals surface area contributed by atoms with Gasteiger partial charge in [0.15, 0.2) is 0 Å². The molecule has 2 aliphatic heterocycles. The van der Waals surface area contributed by atoms with Gasteiger partial charge in [0.2, 0.25) is 11.8 Å². The second-order valence-corrected chi connectivity index (χ2v) is 9.31. The third-order valence-electron chi connectivity index (χ3n) is 5.72. The Kier molecular flexibility index (Phi) is 12.7. The predicted octanol–water partition coefficient (Wildman–Crippen LogP) is 1.64. The predicted molar refractivity (Wildman–Crippen MR) is 133 cm³/mol. The molecule has 1 atom stereocenters. The lowest BCUT2D eigenvalue weighted by atomic mass is 10.0. The van der Waals surface area contributed by atoms with E-state index >= 15 is 0 Å². The second-order valence-electron chi connectivity index (χ2n) is 8.18. The van der Waals surface area contributed by atoms with E-state index in [0.717, 1.165) is 16.2 Å². The lowest BCUT2D eigenvalue weighted by molar-refractivity contribution is -0.136. The molecule has 11 heteroatoms. The molecule has 0 bridgehead atoms. The van der Waals surface area contributed by atoms with Crippen LogP contribution in [0.3, 0.4) is 0 Å². The van der Waals surface area contributed by atoms with E-state index in [4.69, 9.17) is 23.7 Å². The summed E-state index contributed by atoms with van der Waals surface area (Å²) in [4.78, 5) is 39.2. The first-order valence-corrected chi connectivity index (χ1v) is 13.4. The highest BCUT2D eigenvalue weighted by molar-refractivity contribution is 7.99. The highest BCUT2D eigenvalue weighted by atomic mass is 32.2. The quantitative estimate of drug-likeness (QED) is 0.174. The van der Waals surface area contributed by atoms with Gasteiger partial charge in [-0.05, 0) is 31.0 Å². The number of nitrogens with zero attached hydrogens (tertiary/aromatic N) is 1. The zero-order valence-electron chi connectivity index (χ0n) is 20.8. The monoisotopic (exact) mass is 524 g/mol. The molecule has 10 nitrogen and oxygen atoms in total. The maximum Gasteiger partial charge on any atom is 0.255 e. The number of nitrogens with one attached hydrogen (secondary N) is 1. The third-order valence-corrected chi connectivity index (χ3v) is 6.78. The van der Waals surface area contributed by atoms with Crippen molar-refractivity contribution in [1.82, 2.24) is 10.2 Å². The first-order valence-electron chi connectivity index (χ1n) is 12.4. The van der Waals surface area contributed by atoms with Crippen molar-refractivity contribution in [1.29, 1.82) is 0 Å². The van der Waals surface area contributed by atoms with Gasteiger partial charge < -0.3 is 28.6 Å². The van der Waals surface area contributed by atoms with E-state index in [2.05, 4.69) is 5.32 Å². The molecule has 1 aromatic rings. The molecule has 3 rings (SSSR count). The van der Waals surface area contributed by atoms with Gasteiger partial charge in [0.05, 0.1) is 59.5 Å². The molecule has 200 valence electrons. The molecule has 0 radical (unpaired) electrons. The summed E-state index contributed by atoms with van der Waals surface area (Å²) < 4.78 is 27.1. The highest BCUT2D eigenvalue weighted by Crippen LogP contribution is 2.34. The van der Waals surface area contributed by atoms with Crippen molar-refractivity contribution in [2.24, 2.45) is 0 Å². The molecule has 3 amide bonds. The van der Waals surface area contributed by atoms with Gasteiger partial charge in [0, 0.05) is 35.8 Å². The van der Waals surface area contributed by atoms with Crippen LogP contribution in [0, 0.1) is 0 Å². The molecule has 36 heavy (non-hydrogen) atoms. The summed E-state index contributed by atoms with van der Waals surface area (Å²) in [5, 5.41) is 2.33. The summed E-state index contributed by atoms with van der Waals surface area (Å²) in [7, 11) is 0. The molecule has 0 aromatic heterocycles. The number of hydrogen-bond donors (Lipinski definition) is 1. The van der Waals surface area contributed by atoms with Crippen molar-refractivity contribution in [3.8, 4) is 0 Å². The van der Waals surface area contributed by atoms with Crippen molar-refractivity contribution in [2.75, 3.05) is 71.8 Å². The van der Waals surface area contributed by atoms with Crippen LogP contribution in [-0.4, -0.2) is 100 Å². The van der Waals surface area contributed by atoms with E-state index in [0.29, 0.717) is 84.6 Å². The van der Waals surface area contributed by atoms with Crippen LogP contribution >= 0.6 is 11.8 Å². The molecule has 2 heterocycles. The average molecular weight is 525 g/mol. The number of imide groups is 1. The van der Waals surface area contributed by atoms with Crippen LogP contribution in [0.25, 0.3) is 0 Å². The molecule has 0 spiro atoms. The van der Waals surface area contributed by atoms with Crippen molar-refractivity contribution >= 4 is 29.5 Å². The molecular weight excluding hydrogens is 488 g/mol. The van der Waals surface area contributed by atoms with E-state index in [-0.39, 0.29) is 18.2 Å². The second kappa shape index (κ2) is 16.0. The van der Waals surface area contributed by atoms with Gasteiger partial charge in [-0.15, -0.1) is 11.8 Å². The van der Waals surface area contributed by atoms with Crippen LogP contribution < -0.4 is 5.32 Å². The Bertz CT molecular complexity index is 868.